The number of benzene rings is 2. The molecule has 0 spiro atoms. The second kappa shape index (κ2) is 7.88. The van der Waals surface area contributed by atoms with Gasteiger partial charge in [0, 0.05) is 0 Å². The van der Waals surface area contributed by atoms with Gasteiger partial charge in [-0.3, -0.25) is 9.11 Å². The van der Waals surface area contributed by atoms with Crippen molar-refractivity contribution in [1.29, 1.82) is 0 Å². The molecule has 1 aromatic heterocycles. The van der Waals surface area contributed by atoms with Gasteiger partial charge in [0.1, 0.15) is 10.6 Å². The average molecular weight is 468 g/mol. The number of hydrogen-bond donors (Lipinski definition) is 4. The molecule has 3 rings (SSSR count). The summed E-state index contributed by atoms with van der Waals surface area (Å²) in [5.74, 6) is -2.40. The van der Waals surface area contributed by atoms with E-state index in [9.17, 15) is 36.4 Å². The highest BCUT2D eigenvalue weighted by atomic mass is 32.2. The molecule has 0 atom stereocenters. The van der Waals surface area contributed by atoms with E-state index in [2.05, 4.69) is 15.3 Å². The fourth-order valence-corrected chi connectivity index (χ4v) is 3.54. The Kier molecular flexibility index (Phi) is 5.60. The van der Waals surface area contributed by atoms with Crippen LogP contribution in [0, 0.1) is 0 Å². The zero-order chi connectivity index (χ0) is 23.0. The lowest BCUT2D eigenvalue weighted by Crippen LogP contribution is -2.02. The highest BCUT2D eigenvalue weighted by Gasteiger charge is 2.24. The van der Waals surface area contributed by atoms with E-state index in [0.29, 0.717) is 0 Å². The first-order chi connectivity index (χ1) is 14.4. The molecular formula is C16H12N4O9S2. The van der Waals surface area contributed by atoms with Crippen LogP contribution < -0.4 is 0 Å². The van der Waals surface area contributed by atoms with E-state index in [1.54, 1.807) is 0 Å². The third-order valence-corrected chi connectivity index (χ3v) is 5.59. The first-order valence-corrected chi connectivity index (χ1v) is 10.9. The molecule has 0 saturated heterocycles. The number of aromatic carboxylic acids is 1. The standard InChI is InChI=1S/C16H12N4O9S2/c21-15-13(18-17-11-3-1-2-4-12(11)31(27,28)29)14(16(22)23)19-20(15)9-5-7-10(8-6-9)30(24,25)26/h1-8,21H,(H,22,23)(H,24,25,26)(H,27,28,29)/b18-17+. The third kappa shape index (κ3) is 4.58. The first-order valence-electron chi connectivity index (χ1n) is 8.01. The maximum atomic E-state index is 11.5. The smallest absolute Gasteiger partial charge is 0.358 e. The Morgan fingerprint density at radius 3 is 2.06 bits per heavy atom. The van der Waals surface area contributed by atoms with Gasteiger partial charge in [-0.1, -0.05) is 12.1 Å². The summed E-state index contributed by atoms with van der Waals surface area (Å²) in [5, 5.41) is 30.6. The molecule has 4 N–H and O–H groups in total. The Bertz CT molecular complexity index is 1410. The van der Waals surface area contributed by atoms with Crippen molar-refractivity contribution in [3.8, 4) is 11.6 Å². The molecular weight excluding hydrogens is 456 g/mol. The molecule has 31 heavy (non-hydrogen) atoms. The van der Waals surface area contributed by atoms with Gasteiger partial charge in [0.2, 0.25) is 11.6 Å². The van der Waals surface area contributed by atoms with Crippen molar-refractivity contribution in [2.45, 2.75) is 9.79 Å². The van der Waals surface area contributed by atoms with Crippen molar-refractivity contribution in [1.82, 2.24) is 9.78 Å². The molecule has 3 aromatic rings. The van der Waals surface area contributed by atoms with E-state index in [4.69, 9.17) is 4.55 Å². The van der Waals surface area contributed by atoms with Crippen molar-refractivity contribution >= 4 is 37.6 Å². The topological polar surface area (TPSA) is 209 Å². The van der Waals surface area contributed by atoms with E-state index in [0.717, 1.165) is 35.0 Å². The van der Waals surface area contributed by atoms with Gasteiger partial charge in [0.25, 0.3) is 20.2 Å². The monoisotopic (exact) mass is 468 g/mol. The number of aromatic hydroxyl groups is 1. The summed E-state index contributed by atoms with van der Waals surface area (Å²) in [6.45, 7) is 0. The van der Waals surface area contributed by atoms with Crippen LogP contribution in [0.2, 0.25) is 0 Å². The van der Waals surface area contributed by atoms with Gasteiger partial charge in [-0.2, -0.15) is 26.6 Å². The zero-order valence-corrected chi connectivity index (χ0v) is 16.7. The van der Waals surface area contributed by atoms with Crippen LogP contribution in [0.4, 0.5) is 11.4 Å². The summed E-state index contributed by atoms with van der Waals surface area (Å²) in [6, 6.07) is 9.19. The van der Waals surface area contributed by atoms with E-state index in [-0.39, 0.29) is 11.4 Å². The minimum Gasteiger partial charge on any atom is -0.492 e. The molecule has 0 aliphatic heterocycles. The second-order valence-electron chi connectivity index (χ2n) is 5.85. The summed E-state index contributed by atoms with van der Waals surface area (Å²) in [7, 11) is -9.12. The summed E-state index contributed by atoms with van der Waals surface area (Å²) in [6.07, 6.45) is 0. The normalized spacial score (nSPS) is 12.3. The molecule has 1 heterocycles. The molecule has 162 valence electrons. The van der Waals surface area contributed by atoms with Crippen molar-refractivity contribution in [2.75, 3.05) is 0 Å². The SMILES string of the molecule is O=C(O)c1nn(-c2ccc(S(=O)(=O)O)cc2)c(O)c1/N=N/c1ccccc1S(=O)(=O)O. The molecule has 0 aliphatic carbocycles. The highest BCUT2D eigenvalue weighted by molar-refractivity contribution is 7.86. The largest absolute Gasteiger partial charge is 0.492 e. The van der Waals surface area contributed by atoms with Crippen molar-refractivity contribution < 1.29 is 40.9 Å². The Morgan fingerprint density at radius 2 is 1.52 bits per heavy atom. The molecule has 15 heteroatoms. The maximum Gasteiger partial charge on any atom is 0.358 e. The molecule has 2 aromatic carbocycles. The molecule has 0 saturated carbocycles. The van der Waals surface area contributed by atoms with Gasteiger partial charge >= 0.3 is 5.97 Å². The van der Waals surface area contributed by atoms with Gasteiger partial charge in [-0.05, 0) is 36.4 Å². The van der Waals surface area contributed by atoms with Crippen LogP contribution in [-0.4, -0.2) is 51.9 Å². The minimum atomic E-state index is -4.65. The first kappa shape index (κ1) is 22.0. The van der Waals surface area contributed by atoms with Crippen LogP contribution >= 0.6 is 0 Å². The summed E-state index contributed by atoms with van der Waals surface area (Å²) in [4.78, 5) is 10.5. The van der Waals surface area contributed by atoms with Crippen molar-refractivity contribution in [3.63, 3.8) is 0 Å². The van der Waals surface area contributed by atoms with Gasteiger partial charge in [-0.25, -0.2) is 4.79 Å². The van der Waals surface area contributed by atoms with Crippen LogP contribution in [0.5, 0.6) is 5.88 Å². The lowest BCUT2D eigenvalue weighted by atomic mass is 10.3. The van der Waals surface area contributed by atoms with Gasteiger partial charge in [0.05, 0.1) is 10.6 Å². The van der Waals surface area contributed by atoms with E-state index < -0.39 is 53.3 Å². The number of hydrogen-bond acceptors (Lipinski definition) is 9. The molecule has 0 unspecified atom stereocenters. The zero-order valence-electron chi connectivity index (χ0n) is 15.1. The molecule has 13 nitrogen and oxygen atoms in total. The molecule has 0 fully saturated rings. The van der Waals surface area contributed by atoms with Crippen LogP contribution in [0.25, 0.3) is 5.69 Å². The quantitative estimate of drug-likeness (QED) is 0.306. The fourth-order valence-electron chi connectivity index (χ4n) is 2.44. The lowest BCUT2D eigenvalue weighted by Gasteiger charge is -2.04. The number of carbonyl (C=O) groups is 1. The number of carboxylic acid groups (broad SMARTS) is 1. The minimum absolute atomic E-state index is 0.0205. The number of azo groups is 1. The van der Waals surface area contributed by atoms with E-state index in [1.165, 1.54) is 18.2 Å². The summed E-state index contributed by atoms with van der Waals surface area (Å²) >= 11 is 0. The van der Waals surface area contributed by atoms with Crippen molar-refractivity contribution in [2.24, 2.45) is 10.2 Å². The lowest BCUT2D eigenvalue weighted by molar-refractivity contribution is 0.0690. The second-order valence-corrected chi connectivity index (χ2v) is 8.66. The molecule has 0 bridgehead atoms. The predicted octanol–water partition coefficient (Wildman–Crippen LogP) is 2.18. The van der Waals surface area contributed by atoms with E-state index >= 15 is 0 Å². The van der Waals surface area contributed by atoms with E-state index in [1.807, 2.05) is 0 Å². The predicted molar refractivity (Wildman–Crippen MR) is 102 cm³/mol. The van der Waals surface area contributed by atoms with Crippen molar-refractivity contribution in [3.05, 3.63) is 54.2 Å². The summed E-state index contributed by atoms with van der Waals surface area (Å²) in [5.41, 5.74) is -1.68. The maximum absolute atomic E-state index is 11.5. The number of nitrogens with zero attached hydrogens (tertiary/aromatic N) is 4. The number of carboxylic acids is 1. The Labute approximate surface area is 174 Å². The highest BCUT2D eigenvalue weighted by Crippen LogP contribution is 2.35. The third-order valence-electron chi connectivity index (χ3n) is 3.82. The Hall–Kier alpha value is -3.66. The van der Waals surface area contributed by atoms with Crippen LogP contribution in [0.3, 0.4) is 0 Å². The molecule has 0 aliphatic rings. The van der Waals surface area contributed by atoms with Gasteiger partial charge in [-0.15, -0.1) is 10.2 Å². The Morgan fingerprint density at radius 1 is 0.903 bits per heavy atom. The Balaban J connectivity index is 2.10. The van der Waals surface area contributed by atoms with Gasteiger partial charge < -0.3 is 10.2 Å². The number of aromatic nitrogens is 2. The fraction of sp³-hybridized carbons (Fsp3) is 0. The molecule has 0 radical (unpaired) electrons. The summed E-state index contributed by atoms with van der Waals surface area (Å²) < 4.78 is 64.1. The van der Waals surface area contributed by atoms with Gasteiger partial charge in [0.15, 0.2) is 5.69 Å². The average Bonchev–Trinajstić information content (AvgIpc) is 3.02. The van der Waals surface area contributed by atoms with Crippen LogP contribution in [0.1, 0.15) is 10.5 Å². The number of rotatable bonds is 6. The molecule has 0 amide bonds. The van der Waals surface area contributed by atoms with Crippen LogP contribution in [-0.2, 0) is 20.2 Å². The van der Waals surface area contributed by atoms with Crippen LogP contribution in [0.15, 0.2) is 68.6 Å².